The van der Waals surface area contributed by atoms with Crippen LogP contribution in [0.15, 0.2) is 273 Å². The second kappa shape index (κ2) is 44.9. The van der Waals surface area contributed by atoms with Crippen LogP contribution in [-0.2, 0) is 6.42 Å². The molecule has 0 saturated carbocycles. The van der Waals surface area contributed by atoms with Crippen LogP contribution in [0.25, 0.3) is 0 Å². The summed E-state index contributed by atoms with van der Waals surface area (Å²) in [6.45, 7) is 12.0. The molecule has 0 heterocycles. The minimum absolute atomic E-state index is 0.157. The van der Waals surface area contributed by atoms with Crippen LogP contribution in [0.5, 0.6) is 0 Å². The van der Waals surface area contributed by atoms with Gasteiger partial charge in [-0.25, -0.2) is 0 Å². The number of carbonyl (C=O) groups excluding carboxylic acids is 1. The first-order valence-corrected chi connectivity index (χ1v) is 30.8. The summed E-state index contributed by atoms with van der Waals surface area (Å²) in [7, 11) is 9.88. The molecule has 0 aromatic heterocycles. The van der Waals surface area contributed by atoms with Gasteiger partial charge in [-0.1, -0.05) is 153 Å². The fraction of sp³-hybridized carbons (Fsp3) is 0.163. The third kappa shape index (κ3) is 33.9. The number of Topliss-reactive ketones (excluding diaryl/α,β-unsaturated/α-hetero) is 1. The highest BCUT2D eigenvalue weighted by Crippen LogP contribution is 2.20. The first-order valence-electron chi connectivity index (χ1n) is 30.8. The normalized spacial score (nSPS) is 9.35. The Labute approximate surface area is 561 Å². The van der Waals surface area contributed by atoms with E-state index in [1.54, 1.807) is 48.5 Å². The Morgan fingerprint density at radius 2 is 0.745 bits per heavy atom. The topological polar surface area (TPSA) is 296 Å². The summed E-state index contributed by atoms with van der Waals surface area (Å²) in [4.78, 5) is 15.2. The maximum Gasteiger partial charge on any atom is 0.162 e. The summed E-state index contributed by atoms with van der Waals surface area (Å²) in [6, 6.07) is 87.6. The number of hydrogen-bond donors (Lipinski definition) is 11. The van der Waals surface area contributed by atoms with Gasteiger partial charge in [0, 0.05) is 98.4 Å². The lowest BCUT2D eigenvalue weighted by molar-refractivity contribution is 0.0988. The van der Waals surface area contributed by atoms with Crippen LogP contribution in [0.1, 0.15) is 62.6 Å². The van der Waals surface area contributed by atoms with E-state index in [0.717, 1.165) is 85.7 Å². The second-order valence-electron chi connectivity index (χ2n) is 21.9. The zero-order chi connectivity index (χ0) is 69.8. The van der Waals surface area contributed by atoms with Crippen LogP contribution in [0, 0.1) is 34.6 Å². The molecule has 21 N–H and O–H groups in total. The summed E-state index contributed by atoms with van der Waals surface area (Å²) in [6.07, 6.45) is 1.52. The van der Waals surface area contributed by atoms with Crippen molar-refractivity contribution in [2.24, 2.45) is 0 Å². The average Bonchev–Trinajstić information content (AvgIpc) is 2.34. The number of nitrogens with one attached hydrogen (secondary N) is 1. The first-order chi connectivity index (χ1) is 44.8. The molecule has 11 rings (SSSR count). The Balaban J connectivity index is 0.000000358. The molecule has 11 aromatic carbocycles. The first kappa shape index (κ1) is 78.6. The summed E-state index contributed by atoms with van der Waals surface area (Å²) < 4.78 is 0. The van der Waals surface area contributed by atoms with Crippen molar-refractivity contribution in [3.05, 3.63) is 317 Å². The maximum absolute atomic E-state index is 11.1. The van der Waals surface area contributed by atoms with Crippen molar-refractivity contribution in [1.29, 1.82) is 0 Å². The Morgan fingerprint density at radius 1 is 0.351 bits per heavy atom. The third-order valence-corrected chi connectivity index (χ3v) is 13.7. The third-order valence-electron chi connectivity index (χ3n) is 13.7. The zero-order valence-electron chi connectivity index (χ0n) is 57.0. The lowest BCUT2D eigenvalue weighted by atomic mass is 10.1. The molecule has 0 bridgehead atoms. The van der Waals surface area contributed by atoms with E-state index in [4.69, 9.17) is 57.3 Å². The Kier molecular flexibility index (Phi) is 37.5. The van der Waals surface area contributed by atoms with Crippen molar-refractivity contribution in [1.82, 2.24) is 0 Å². The van der Waals surface area contributed by atoms with E-state index in [9.17, 15) is 4.79 Å². The SMILES string of the molecule is CCC(=O)c1ccc(N)cc1.CN(C)c1ccccc1.CN(C)c1ccccc1N.CNc1ccccc1N.Cc1ccc(C)c(N)c1.Cc1cccc(N)c1C.Cc1ccccc1N.Nc1ccc(Cc2ccccc2)cc1.Nc1ccc(N)cc1.Nc1ccccc1. The van der Waals surface area contributed by atoms with Gasteiger partial charge in [-0.3, -0.25) is 4.79 Å². The number of carbonyl (C=O) groups is 1. The summed E-state index contributed by atoms with van der Waals surface area (Å²) >= 11 is 0. The molecule has 14 nitrogen and oxygen atoms in total. The zero-order valence-corrected chi connectivity index (χ0v) is 57.0. The van der Waals surface area contributed by atoms with Gasteiger partial charge in [0.05, 0.1) is 22.7 Å². The van der Waals surface area contributed by atoms with Gasteiger partial charge in [0.15, 0.2) is 5.78 Å². The molecule has 0 radical (unpaired) electrons. The number of ketones is 1. The highest BCUT2D eigenvalue weighted by atomic mass is 16.1. The van der Waals surface area contributed by atoms with Crippen LogP contribution in [0.4, 0.5) is 73.9 Å². The van der Waals surface area contributed by atoms with E-state index in [2.05, 4.69) is 77.8 Å². The predicted octanol–water partition coefficient (Wildman–Crippen LogP) is 16.6. The van der Waals surface area contributed by atoms with Crippen molar-refractivity contribution < 1.29 is 4.79 Å². The van der Waals surface area contributed by atoms with Gasteiger partial charge in [-0.05, 0) is 207 Å². The van der Waals surface area contributed by atoms with Gasteiger partial charge in [0.2, 0.25) is 0 Å². The molecule has 0 spiro atoms. The lowest BCUT2D eigenvalue weighted by Gasteiger charge is -2.13. The van der Waals surface area contributed by atoms with Gasteiger partial charge in [-0.2, -0.15) is 0 Å². The van der Waals surface area contributed by atoms with E-state index in [-0.39, 0.29) is 5.78 Å². The molecule has 494 valence electrons. The van der Waals surface area contributed by atoms with E-state index in [1.807, 2.05) is 239 Å². The monoisotopic (exact) mass is 1260 g/mol. The number of nitrogen functional groups attached to an aromatic ring is 10. The van der Waals surface area contributed by atoms with Gasteiger partial charge in [0.1, 0.15) is 0 Å². The highest BCUT2D eigenvalue weighted by Gasteiger charge is 2.01. The van der Waals surface area contributed by atoms with E-state index < -0.39 is 0 Å². The number of nitrogens with zero attached hydrogens (tertiary/aromatic N) is 2. The molecule has 0 unspecified atom stereocenters. The molecule has 0 saturated heterocycles. The fourth-order valence-corrected chi connectivity index (χ4v) is 7.76. The minimum atomic E-state index is 0.157. The Hall–Kier alpha value is -11.5. The minimum Gasteiger partial charge on any atom is -0.399 e. The summed E-state index contributed by atoms with van der Waals surface area (Å²) in [5.41, 5.74) is 75.9. The summed E-state index contributed by atoms with van der Waals surface area (Å²) in [5.74, 6) is 0.157. The van der Waals surface area contributed by atoms with Gasteiger partial charge in [0.25, 0.3) is 0 Å². The van der Waals surface area contributed by atoms with Gasteiger partial charge < -0.3 is 72.5 Å². The molecule has 94 heavy (non-hydrogen) atoms. The van der Waals surface area contributed by atoms with Crippen LogP contribution < -0.4 is 72.5 Å². The number of anilines is 13. The number of hydrogen-bond acceptors (Lipinski definition) is 14. The van der Waals surface area contributed by atoms with Crippen LogP contribution in [0.2, 0.25) is 0 Å². The molecule has 14 heteroatoms. The van der Waals surface area contributed by atoms with Crippen molar-refractivity contribution in [2.45, 2.75) is 54.4 Å². The average molecular weight is 1260 g/mol. The van der Waals surface area contributed by atoms with E-state index in [1.165, 1.54) is 33.5 Å². The molecule has 0 fully saturated rings. The largest absolute Gasteiger partial charge is 0.399 e. The number of aryl methyl sites for hydroxylation is 4. The fourth-order valence-electron chi connectivity index (χ4n) is 7.76. The molecular formula is C80H103N13O. The second-order valence-corrected chi connectivity index (χ2v) is 21.9. The van der Waals surface area contributed by atoms with Crippen molar-refractivity contribution in [2.75, 3.05) is 108 Å². The molecule has 11 aromatic rings. The lowest BCUT2D eigenvalue weighted by Crippen LogP contribution is -2.10. The molecule has 0 aliphatic heterocycles. The van der Waals surface area contributed by atoms with Crippen LogP contribution in [0.3, 0.4) is 0 Å². The number of para-hydroxylation sites is 7. The molecule has 0 aliphatic carbocycles. The van der Waals surface area contributed by atoms with E-state index >= 15 is 0 Å². The predicted molar refractivity (Wildman–Crippen MR) is 414 cm³/mol. The van der Waals surface area contributed by atoms with Crippen molar-refractivity contribution in [3.63, 3.8) is 0 Å². The molecule has 0 atom stereocenters. The van der Waals surface area contributed by atoms with Crippen molar-refractivity contribution in [3.8, 4) is 0 Å². The molecule has 0 amide bonds. The Morgan fingerprint density at radius 3 is 1.11 bits per heavy atom. The van der Waals surface area contributed by atoms with Crippen LogP contribution >= 0.6 is 0 Å². The van der Waals surface area contributed by atoms with Crippen LogP contribution in [-0.4, -0.2) is 41.0 Å². The maximum atomic E-state index is 11.1. The summed E-state index contributed by atoms with van der Waals surface area (Å²) in [5, 5.41) is 2.97. The number of rotatable bonds is 7. The molecular weight excluding hydrogens is 1160 g/mol. The Bertz CT molecular complexity index is 3730. The standard InChI is InChI=1S/C13H13N.C9H11NO.C8H12N2.3C8H11N.C7H10N2.C7H9N.C6H8N2.C6H7N/c14-13-8-6-12(7-9-13)10-11-4-2-1-3-5-11;1-2-9(11)7-3-5-8(10)6-4-7;1-10(2)8-6-4-3-5-7(8)9;1-6-3-4-7(2)8(9)5-6;1-9(2)8-6-4-3-5-7-8;1-6-4-3-5-8(9)7(6)2;1-9-7-5-3-2-4-6(7)8;1-6-4-2-3-5-7(6)8;7-5-1-2-6(8)4-3-5;7-6-4-2-1-3-5-6/h1-9H,10,14H2;3-6H,2,10H2,1H3;3-6H,9H2,1-2H3;3-5H,9H2,1-2H3;3-7H,1-2H3;3-5H,9H2,1-2H3;2-5,9H,8H2,1H3;2-5H,8H2,1H3;1-4H,7-8H2;1-5H,7H2. The molecule has 0 aliphatic rings. The smallest absolute Gasteiger partial charge is 0.162 e. The van der Waals surface area contributed by atoms with Gasteiger partial charge in [-0.15, -0.1) is 0 Å². The van der Waals surface area contributed by atoms with Gasteiger partial charge >= 0.3 is 0 Å². The highest BCUT2D eigenvalue weighted by molar-refractivity contribution is 5.96. The number of benzene rings is 11. The van der Waals surface area contributed by atoms with E-state index in [0.29, 0.717) is 12.1 Å². The number of nitrogens with two attached hydrogens (primary N) is 10. The van der Waals surface area contributed by atoms with Crippen molar-refractivity contribution >= 4 is 79.7 Å². The quantitative estimate of drug-likeness (QED) is 0.0523.